The molecular formula is C14H20O9. The van der Waals surface area contributed by atoms with Crippen molar-refractivity contribution in [3.63, 3.8) is 0 Å². The predicted molar refractivity (Wildman–Crippen MR) is 72.1 cm³/mol. The second-order valence-electron chi connectivity index (χ2n) is 6.02. The van der Waals surface area contributed by atoms with Crippen molar-refractivity contribution in [2.75, 3.05) is 19.8 Å². The fourth-order valence-electron chi connectivity index (χ4n) is 3.17. The molecule has 9 heteroatoms. The van der Waals surface area contributed by atoms with E-state index in [1.165, 1.54) is 18.4 Å². The fourth-order valence-corrected chi connectivity index (χ4v) is 3.17. The van der Waals surface area contributed by atoms with Crippen LogP contribution in [-0.2, 0) is 15.1 Å². The number of rotatable bonds is 3. The molecule has 2 fully saturated rings. The fraction of sp³-hybridized carbons (Fsp3) is 0.714. The van der Waals surface area contributed by atoms with Crippen LogP contribution in [0.25, 0.3) is 0 Å². The van der Waals surface area contributed by atoms with Gasteiger partial charge in [-0.25, -0.2) is 0 Å². The van der Waals surface area contributed by atoms with Crippen molar-refractivity contribution in [2.45, 2.75) is 41.7 Å². The highest BCUT2D eigenvalue weighted by Crippen LogP contribution is 2.45. The highest BCUT2D eigenvalue weighted by atomic mass is 16.6. The zero-order valence-electron chi connectivity index (χ0n) is 12.1. The molecular weight excluding hydrogens is 312 g/mol. The van der Waals surface area contributed by atoms with Gasteiger partial charge < -0.3 is 44.5 Å². The summed E-state index contributed by atoms with van der Waals surface area (Å²) in [6.07, 6.45) is -6.24. The van der Waals surface area contributed by atoms with Crippen LogP contribution >= 0.6 is 0 Å². The van der Waals surface area contributed by atoms with Gasteiger partial charge in [0.2, 0.25) is 0 Å². The van der Waals surface area contributed by atoms with Crippen LogP contribution in [0.1, 0.15) is 5.76 Å². The van der Waals surface area contributed by atoms with Gasteiger partial charge in [-0.05, 0) is 12.1 Å². The van der Waals surface area contributed by atoms with E-state index < -0.39 is 54.9 Å². The Morgan fingerprint density at radius 1 is 1.17 bits per heavy atom. The maximum Gasteiger partial charge on any atom is 0.182 e. The minimum atomic E-state index is -1.94. The molecule has 9 nitrogen and oxygen atoms in total. The number of hydrogen-bond acceptors (Lipinski definition) is 9. The SMILES string of the molecule is OCC1(O)COC([C@@]2(c3ccco3)OC[C@H](O)[C@H](O)[C@@H]2O)[C@@H]1O. The summed E-state index contributed by atoms with van der Waals surface area (Å²) in [5.74, 6) is 0.0576. The normalized spacial score (nSPS) is 47.8. The molecule has 1 aromatic rings. The second kappa shape index (κ2) is 5.80. The highest BCUT2D eigenvalue weighted by Gasteiger charge is 2.65. The van der Waals surface area contributed by atoms with E-state index in [1.54, 1.807) is 0 Å². The summed E-state index contributed by atoms with van der Waals surface area (Å²) in [7, 11) is 0. The van der Waals surface area contributed by atoms with Gasteiger partial charge in [0.25, 0.3) is 0 Å². The lowest BCUT2D eigenvalue weighted by Gasteiger charge is -2.47. The average molecular weight is 332 g/mol. The van der Waals surface area contributed by atoms with E-state index in [2.05, 4.69) is 0 Å². The van der Waals surface area contributed by atoms with Crippen molar-refractivity contribution >= 4 is 0 Å². The van der Waals surface area contributed by atoms with Gasteiger partial charge in [-0.3, -0.25) is 0 Å². The van der Waals surface area contributed by atoms with Gasteiger partial charge in [0.15, 0.2) is 5.60 Å². The summed E-state index contributed by atoms with van der Waals surface area (Å²) in [5.41, 5.74) is -3.78. The van der Waals surface area contributed by atoms with Crippen LogP contribution < -0.4 is 0 Å². The number of hydrogen-bond donors (Lipinski definition) is 6. The summed E-state index contributed by atoms with van der Waals surface area (Å²) in [4.78, 5) is 0. The van der Waals surface area contributed by atoms with Gasteiger partial charge in [-0.15, -0.1) is 0 Å². The Balaban J connectivity index is 2.05. The molecule has 1 aromatic heterocycles. The minimum absolute atomic E-state index is 0.0576. The molecule has 130 valence electrons. The quantitative estimate of drug-likeness (QED) is 0.341. The third kappa shape index (κ3) is 2.32. The molecule has 0 radical (unpaired) electrons. The van der Waals surface area contributed by atoms with Crippen LogP contribution in [-0.4, -0.2) is 86.6 Å². The van der Waals surface area contributed by atoms with Crippen LogP contribution in [0.5, 0.6) is 0 Å². The zero-order chi connectivity index (χ0) is 16.8. The molecule has 0 spiro atoms. The molecule has 3 heterocycles. The van der Waals surface area contributed by atoms with Crippen LogP contribution in [0.3, 0.4) is 0 Å². The number of ether oxygens (including phenoxy) is 2. The molecule has 2 aliphatic rings. The predicted octanol–water partition coefficient (Wildman–Crippen LogP) is -2.93. The molecule has 23 heavy (non-hydrogen) atoms. The van der Waals surface area contributed by atoms with Crippen LogP contribution in [0.4, 0.5) is 0 Å². The highest BCUT2D eigenvalue weighted by molar-refractivity contribution is 5.22. The largest absolute Gasteiger partial charge is 0.466 e. The van der Waals surface area contributed by atoms with Gasteiger partial charge in [-0.1, -0.05) is 0 Å². The summed E-state index contributed by atoms with van der Waals surface area (Å²) in [6.45, 7) is -1.50. The van der Waals surface area contributed by atoms with Gasteiger partial charge in [0.1, 0.15) is 41.9 Å². The lowest BCUT2D eigenvalue weighted by atomic mass is 9.77. The van der Waals surface area contributed by atoms with E-state index in [4.69, 9.17) is 13.9 Å². The molecule has 0 aliphatic carbocycles. The molecule has 0 aromatic carbocycles. The monoisotopic (exact) mass is 332 g/mol. The van der Waals surface area contributed by atoms with E-state index in [-0.39, 0.29) is 12.4 Å². The molecule has 3 rings (SSSR count). The third-order valence-electron chi connectivity index (χ3n) is 4.60. The van der Waals surface area contributed by atoms with Crippen LogP contribution in [0, 0.1) is 0 Å². The van der Waals surface area contributed by atoms with E-state index in [1.807, 2.05) is 0 Å². The van der Waals surface area contributed by atoms with Crippen molar-refractivity contribution < 1.29 is 44.5 Å². The Morgan fingerprint density at radius 3 is 2.48 bits per heavy atom. The summed E-state index contributed by atoms with van der Waals surface area (Å²) in [5, 5.41) is 60.1. The Hall–Kier alpha value is -1.04. The first kappa shape index (κ1) is 16.8. The third-order valence-corrected chi connectivity index (χ3v) is 4.60. The summed E-state index contributed by atoms with van der Waals surface area (Å²) < 4.78 is 16.2. The Kier molecular flexibility index (Phi) is 4.23. The van der Waals surface area contributed by atoms with Crippen molar-refractivity contribution in [1.82, 2.24) is 0 Å². The first-order chi connectivity index (χ1) is 10.9. The lowest BCUT2D eigenvalue weighted by molar-refractivity contribution is -0.288. The second-order valence-corrected chi connectivity index (χ2v) is 6.02. The Bertz CT molecular complexity index is 534. The molecule has 0 bridgehead atoms. The maximum atomic E-state index is 10.5. The molecule has 0 saturated carbocycles. The van der Waals surface area contributed by atoms with Crippen molar-refractivity contribution in [3.8, 4) is 0 Å². The molecule has 2 saturated heterocycles. The molecule has 6 N–H and O–H groups in total. The molecule has 7 atom stereocenters. The standard InChI is InChI=1S/C14H20O9/c15-5-13(20)6-22-12(11(13)19)14(8-2-1-3-21-8)10(18)9(17)7(16)4-23-14/h1-3,7,9-12,15-20H,4-6H2/t7-,9-,10-,11-,12?,13?,14-/m0/s1. The number of furan rings is 1. The van der Waals surface area contributed by atoms with Crippen molar-refractivity contribution in [3.05, 3.63) is 24.2 Å². The van der Waals surface area contributed by atoms with Crippen molar-refractivity contribution in [1.29, 1.82) is 0 Å². The van der Waals surface area contributed by atoms with Gasteiger partial charge in [0.05, 0.1) is 26.1 Å². The van der Waals surface area contributed by atoms with E-state index in [0.29, 0.717) is 0 Å². The van der Waals surface area contributed by atoms with Crippen molar-refractivity contribution in [2.24, 2.45) is 0 Å². The molecule has 0 amide bonds. The zero-order valence-corrected chi connectivity index (χ0v) is 12.1. The van der Waals surface area contributed by atoms with Crippen LogP contribution in [0.2, 0.25) is 0 Å². The minimum Gasteiger partial charge on any atom is -0.466 e. The van der Waals surface area contributed by atoms with Gasteiger partial charge >= 0.3 is 0 Å². The summed E-state index contributed by atoms with van der Waals surface area (Å²) in [6, 6.07) is 2.98. The van der Waals surface area contributed by atoms with E-state index in [0.717, 1.165) is 0 Å². The Morgan fingerprint density at radius 2 is 1.91 bits per heavy atom. The summed E-state index contributed by atoms with van der Waals surface area (Å²) >= 11 is 0. The van der Waals surface area contributed by atoms with E-state index in [9.17, 15) is 30.6 Å². The first-order valence-electron chi connectivity index (χ1n) is 7.22. The first-order valence-corrected chi connectivity index (χ1v) is 7.22. The molecule has 2 aliphatic heterocycles. The maximum absolute atomic E-state index is 10.5. The van der Waals surface area contributed by atoms with E-state index >= 15 is 0 Å². The lowest BCUT2D eigenvalue weighted by Crippen LogP contribution is -2.66. The Labute approximate surface area is 131 Å². The smallest absolute Gasteiger partial charge is 0.182 e. The topological polar surface area (TPSA) is 153 Å². The molecule has 2 unspecified atom stereocenters. The van der Waals surface area contributed by atoms with Crippen LogP contribution in [0.15, 0.2) is 22.8 Å². The van der Waals surface area contributed by atoms with Gasteiger partial charge in [-0.2, -0.15) is 0 Å². The number of aliphatic hydroxyl groups excluding tert-OH is 5. The average Bonchev–Trinajstić information content (AvgIpc) is 3.17. The number of aliphatic hydroxyl groups is 6. The van der Waals surface area contributed by atoms with Gasteiger partial charge in [0, 0.05) is 0 Å².